The second-order valence-electron chi connectivity index (χ2n) is 3.43. The Bertz CT molecular complexity index is 382. The van der Waals surface area contributed by atoms with E-state index in [0.29, 0.717) is 12.1 Å². The first-order chi connectivity index (χ1) is 7.52. The monoisotopic (exact) mass is 229 g/mol. The van der Waals surface area contributed by atoms with Crippen molar-refractivity contribution >= 4 is 5.97 Å². The fourth-order valence-corrected chi connectivity index (χ4v) is 1.36. The summed E-state index contributed by atoms with van der Waals surface area (Å²) in [5, 5.41) is 8.61. The first kappa shape index (κ1) is 12.6. The van der Waals surface area contributed by atoms with Crippen molar-refractivity contribution < 1.29 is 18.7 Å². The molecule has 3 nitrogen and oxygen atoms in total. The molecule has 0 saturated carbocycles. The SMILES string of the molecule is CCN(CC(=O)O)Cc1ccc(F)cc1F. The van der Waals surface area contributed by atoms with Crippen LogP contribution >= 0.6 is 0 Å². The van der Waals surface area contributed by atoms with Crippen molar-refractivity contribution in [1.29, 1.82) is 0 Å². The summed E-state index contributed by atoms with van der Waals surface area (Å²) >= 11 is 0. The molecule has 0 aliphatic heterocycles. The van der Waals surface area contributed by atoms with Gasteiger partial charge in [0.1, 0.15) is 11.6 Å². The number of carboxylic acid groups (broad SMARTS) is 1. The van der Waals surface area contributed by atoms with E-state index in [1.807, 2.05) is 0 Å². The number of likely N-dealkylation sites (N-methyl/N-ethyl adjacent to an activating group) is 1. The van der Waals surface area contributed by atoms with Crippen LogP contribution < -0.4 is 0 Å². The van der Waals surface area contributed by atoms with E-state index in [0.717, 1.165) is 12.1 Å². The summed E-state index contributed by atoms with van der Waals surface area (Å²) in [6, 6.07) is 3.28. The van der Waals surface area contributed by atoms with Gasteiger partial charge in [-0.25, -0.2) is 8.78 Å². The lowest BCUT2D eigenvalue weighted by molar-refractivity contribution is -0.138. The second-order valence-corrected chi connectivity index (χ2v) is 3.43. The molecule has 16 heavy (non-hydrogen) atoms. The van der Waals surface area contributed by atoms with Gasteiger partial charge >= 0.3 is 5.97 Å². The Balaban J connectivity index is 2.73. The number of halogens is 2. The molecule has 0 fully saturated rings. The lowest BCUT2D eigenvalue weighted by Crippen LogP contribution is -2.29. The van der Waals surface area contributed by atoms with E-state index in [4.69, 9.17) is 5.11 Å². The van der Waals surface area contributed by atoms with Crippen LogP contribution in [-0.2, 0) is 11.3 Å². The molecule has 1 aromatic rings. The molecule has 88 valence electrons. The minimum atomic E-state index is -0.968. The normalized spacial score (nSPS) is 10.8. The zero-order valence-electron chi connectivity index (χ0n) is 8.91. The number of carboxylic acids is 1. The molecule has 0 atom stereocenters. The predicted molar refractivity (Wildman–Crippen MR) is 54.9 cm³/mol. The lowest BCUT2D eigenvalue weighted by atomic mass is 10.2. The smallest absolute Gasteiger partial charge is 0.317 e. The van der Waals surface area contributed by atoms with Gasteiger partial charge < -0.3 is 5.11 Å². The van der Waals surface area contributed by atoms with E-state index < -0.39 is 17.6 Å². The van der Waals surface area contributed by atoms with Crippen LogP contribution in [0.2, 0.25) is 0 Å². The van der Waals surface area contributed by atoms with Crippen molar-refractivity contribution in [3.05, 3.63) is 35.4 Å². The van der Waals surface area contributed by atoms with Crippen molar-refractivity contribution in [1.82, 2.24) is 4.90 Å². The molecule has 0 aromatic heterocycles. The summed E-state index contributed by atoms with van der Waals surface area (Å²) in [5.74, 6) is -2.25. The molecule has 0 heterocycles. The maximum Gasteiger partial charge on any atom is 0.317 e. The van der Waals surface area contributed by atoms with Crippen LogP contribution in [0.3, 0.4) is 0 Å². The molecule has 0 spiro atoms. The molecule has 0 aliphatic carbocycles. The van der Waals surface area contributed by atoms with Crippen LogP contribution in [0, 0.1) is 11.6 Å². The van der Waals surface area contributed by atoms with Gasteiger partial charge in [0.15, 0.2) is 0 Å². The van der Waals surface area contributed by atoms with Gasteiger partial charge in [-0.15, -0.1) is 0 Å². The first-order valence-electron chi connectivity index (χ1n) is 4.91. The minimum absolute atomic E-state index is 0.159. The highest BCUT2D eigenvalue weighted by Crippen LogP contribution is 2.11. The molecule has 0 bridgehead atoms. The highest BCUT2D eigenvalue weighted by molar-refractivity contribution is 5.69. The Morgan fingerprint density at radius 3 is 2.62 bits per heavy atom. The summed E-state index contributed by atoms with van der Waals surface area (Å²) in [6.45, 7) is 2.27. The van der Waals surface area contributed by atoms with Crippen molar-refractivity contribution in [2.45, 2.75) is 13.5 Å². The second kappa shape index (κ2) is 5.55. The highest BCUT2D eigenvalue weighted by Gasteiger charge is 2.11. The molecule has 0 saturated heterocycles. The van der Waals surface area contributed by atoms with E-state index in [1.165, 1.54) is 6.07 Å². The van der Waals surface area contributed by atoms with Crippen LogP contribution in [0.15, 0.2) is 18.2 Å². The van der Waals surface area contributed by atoms with Crippen LogP contribution in [0.5, 0.6) is 0 Å². The summed E-state index contributed by atoms with van der Waals surface area (Å²) in [6.07, 6.45) is 0. The van der Waals surface area contributed by atoms with Gasteiger partial charge in [-0.05, 0) is 12.6 Å². The number of rotatable bonds is 5. The van der Waals surface area contributed by atoms with E-state index in [1.54, 1.807) is 11.8 Å². The lowest BCUT2D eigenvalue weighted by Gasteiger charge is -2.18. The topological polar surface area (TPSA) is 40.5 Å². The van der Waals surface area contributed by atoms with Crippen LogP contribution in [0.25, 0.3) is 0 Å². The van der Waals surface area contributed by atoms with Gasteiger partial charge in [0.25, 0.3) is 0 Å². The quantitative estimate of drug-likeness (QED) is 0.838. The number of hydrogen-bond acceptors (Lipinski definition) is 2. The minimum Gasteiger partial charge on any atom is -0.480 e. The van der Waals surface area contributed by atoms with E-state index in [-0.39, 0.29) is 13.1 Å². The zero-order valence-corrected chi connectivity index (χ0v) is 8.91. The van der Waals surface area contributed by atoms with Crippen molar-refractivity contribution in [2.75, 3.05) is 13.1 Å². The van der Waals surface area contributed by atoms with E-state index in [9.17, 15) is 13.6 Å². The number of aliphatic carboxylic acids is 1. The van der Waals surface area contributed by atoms with Crippen LogP contribution in [0.4, 0.5) is 8.78 Å². The Labute approximate surface area is 92.3 Å². The first-order valence-corrected chi connectivity index (χ1v) is 4.91. The fraction of sp³-hybridized carbons (Fsp3) is 0.364. The standard InChI is InChI=1S/C11H13F2NO2/c1-2-14(7-11(15)16)6-8-3-4-9(12)5-10(8)13/h3-5H,2,6-7H2,1H3,(H,15,16). The molecule has 0 aliphatic rings. The van der Waals surface area contributed by atoms with E-state index in [2.05, 4.69) is 0 Å². The molecule has 5 heteroatoms. The summed E-state index contributed by atoms with van der Waals surface area (Å²) in [4.78, 5) is 12.1. The largest absolute Gasteiger partial charge is 0.480 e. The average Bonchev–Trinajstić information content (AvgIpc) is 2.20. The van der Waals surface area contributed by atoms with Crippen molar-refractivity contribution in [2.24, 2.45) is 0 Å². The van der Waals surface area contributed by atoms with Crippen LogP contribution in [0.1, 0.15) is 12.5 Å². The summed E-state index contributed by atoms with van der Waals surface area (Å²) in [7, 11) is 0. The van der Waals surface area contributed by atoms with Gasteiger partial charge in [-0.1, -0.05) is 13.0 Å². The molecule has 0 amide bonds. The Morgan fingerprint density at radius 1 is 1.44 bits per heavy atom. The third-order valence-electron chi connectivity index (χ3n) is 2.22. The maximum absolute atomic E-state index is 13.3. The maximum atomic E-state index is 13.3. The van der Waals surface area contributed by atoms with Crippen molar-refractivity contribution in [3.63, 3.8) is 0 Å². The third kappa shape index (κ3) is 3.58. The number of nitrogens with zero attached hydrogens (tertiary/aromatic N) is 1. The molecule has 1 rings (SSSR count). The zero-order chi connectivity index (χ0) is 12.1. The van der Waals surface area contributed by atoms with Gasteiger partial charge in [-0.3, -0.25) is 9.69 Å². The van der Waals surface area contributed by atoms with Crippen LogP contribution in [-0.4, -0.2) is 29.1 Å². The molecule has 1 aromatic carbocycles. The summed E-state index contributed by atoms with van der Waals surface area (Å²) < 4.78 is 25.9. The highest BCUT2D eigenvalue weighted by atomic mass is 19.1. The molecule has 0 radical (unpaired) electrons. The average molecular weight is 229 g/mol. The number of hydrogen-bond donors (Lipinski definition) is 1. The van der Waals surface area contributed by atoms with Gasteiger partial charge in [0, 0.05) is 18.2 Å². The Kier molecular flexibility index (Phi) is 4.37. The number of benzene rings is 1. The summed E-state index contributed by atoms with van der Waals surface area (Å²) in [5.41, 5.74) is 0.296. The predicted octanol–water partition coefficient (Wildman–Crippen LogP) is 1.87. The van der Waals surface area contributed by atoms with Gasteiger partial charge in [-0.2, -0.15) is 0 Å². The third-order valence-corrected chi connectivity index (χ3v) is 2.22. The molecular weight excluding hydrogens is 216 g/mol. The Hall–Kier alpha value is -1.49. The van der Waals surface area contributed by atoms with Gasteiger partial charge in [0.2, 0.25) is 0 Å². The number of carbonyl (C=O) groups is 1. The van der Waals surface area contributed by atoms with Crippen molar-refractivity contribution in [3.8, 4) is 0 Å². The van der Waals surface area contributed by atoms with E-state index >= 15 is 0 Å². The molecule has 1 N–H and O–H groups in total. The van der Waals surface area contributed by atoms with Gasteiger partial charge in [0.05, 0.1) is 6.54 Å². The fourth-order valence-electron chi connectivity index (χ4n) is 1.36. The molecular formula is C11H13F2NO2. The Morgan fingerprint density at radius 2 is 2.12 bits per heavy atom. The molecule has 0 unspecified atom stereocenters.